The van der Waals surface area contributed by atoms with Crippen LogP contribution < -0.4 is 5.32 Å². The summed E-state index contributed by atoms with van der Waals surface area (Å²) >= 11 is 1.63. The first-order valence-corrected chi connectivity index (χ1v) is 6.34. The van der Waals surface area contributed by atoms with Crippen LogP contribution >= 0.6 is 11.8 Å². The molecule has 1 aliphatic rings. The number of hydrogen-bond acceptors (Lipinski definition) is 5. The molecule has 1 fully saturated rings. The molecule has 0 amide bonds. The van der Waals surface area contributed by atoms with Crippen molar-refractivity contribution in [2.24, 2.45) is 0 Å². The zero-order valence-electron chi connectivity index (χ0n) is 9.19. The first-order chi connectivity index (χ1) is 7.25. The van der Waals surface area contributed by atoms with Crippen molar-refractivity contribution in [2.45, 2.75) is 43.1 Å². The quantitative estimate of drug-likeness (QED) is 0.801. The number of thioether (sulfide) groups is 1. The van der Waals surface area contributed by atoms with Crippen LogP contribution in [0, 0.1) is 0 Å². The third-order valence-electron chi connectivity index (χ3n) is 2.45. The van der Waals surface area contributed by atoms with Crippen LogP contribution in [-0.4, -0.2) is 28.5 Å². The van der Waals surface area contributed by atoms with Gasteiger partial charge in [-0.15, -0.1) is 10.2 Å². The van der Waals surface area contributed by atoms with E-state index in [1.165, 1.54) is 0 Å². The van der Waals surface area contributed by atoms with Gasteiger partial charge < -0.3 is 9.73 Å². The van der Waals surface area contributed by atoms with E-state index in [1.54, 1.807) is 11.8 Å². The minimum Gasteiger partial charge on any atom is -0.416 e. The van der Waals surface area contributed by atoms with Gasteiger partial charge in [0.25, 0.3) is 5.22 Å². The van der Waals surface area contributed by atoms with Crippen LogP contribution in [0.15, 0.2) is 9.64 Å². The van der Waals surface area contributed by atoms with Gasteiger partial charge in [-0.05, 0) is 25.9 Å². The van der Waals surface area contributed by atoms with Crippen LogP contribution in [0.5, 0.6) is 0 Å². The summed E-state index contributed by atoms with van der Waals surface area (Å²) in [6.45, 7) is 6.36. The Hall–Kier alpha value is -0.550. The summed E-state index contributed by atoms with van der Waals surface area (Å²) in [4.78, 5) is 0. The number of hydrogen-bond donors (Lipinski definition) is 1. The Kier molecular flexibility index (Phi) is 3.64. The minimum absolute atomic E-state index is 0.459. The van der Waals surface area contributed by atoms with Crippen molar-refractivity contribution in [3.8, 4) is 0 Å². The maximum atomic E-state index is 5.65. The monoisotopic (exact) mass is 227 g/mol. The Morgan fingerprint density at radius 3 is 2.73 bits per heavy atom. The minimum atomic E-state index is 0.459. The molecule has 0 spiro atoms. The first-order valence-electron chi connectivity index (χ1n) is 5.46. The highest BCUT2D eigenvalue weighted by Gasteiger charge is 2.21. The second-order valence-electron chi connectivity index (χ2n) is 4.10. The first kappa shape index (κ1) is 11.0. The number of nitrogens with zero attached hydrogens (tertiary/aromatic N) is 2. The summed E-state index contributed by atoms with van der Waals surface area (Å²) in [7, 11) is 0. The molecule has 15 heavy (non-hydrogen) atoms. The fourth-order valence-corrected chi connectivity index (χ4v) is 2.33. The standard InChI is InChI=1S/C10H17N3OS/c1-7(2)15-10-13-12-9(14-10)8-3-5-11-6-4-8/h7-8,11H,3-6H2,1-2H3. The van der Waals surface area contributed by atoms with Crippen molar-refractivity contribution in [1.29, 1.82) is 0 Å². The van der Waals surface area contributed by atoms with Crippen LogP contribution in [0.2, 0.25) is 0 Å². The summed E-state index contributed by atoms with van der Waals surface area (Å²) in [5, 5.41) is 12.7. The average molecular weight is 227 g/mol. The van der Waals surface area contributed by atoms with Gasteiger partial charge in [0.2, 0.25) is 5.89 Å². The van der Waals surface area contributed by atoms with Gasteiger partial charge in [0, 0.05) is 11.2 Å². The predicted molar refractivity (Wildman–Crippen MR) is 60.1 cm³/mol. The summed E-state index contributed by atoms with van der Waals surface area (Å²) in [6.07, 6.45) is 2.21. The molecule has 2 rings (SSSR count). The largest absolute Gasteiger partial charge is 0.416 e. The molecular weight excluding hydrogens is 210 g/mol. The molecule has 1 N–H and O–H groups in total. The topological polar surface area (TPSA) is 51.0 Å². The fourth-order valence-electron chi connectivity index (χ4n) is 1.70. The Morgan fingerprint density at radius 2 is 2.07 bits per heavy atom. The number of nitrogens with one attached hydrogen (secondary N) is 1. The molecule has 1 aliphatic heterocycles. The van der Waals surface area contributed by atoms with Crippen LogP contribution in [0.3, 0.4) is 0 Å². The van der Waals surface area contributed by atoms with E-state index in [9.17, 15) is 0 Å². The molecule has 5 heteroatoms. The van der Waals surface area contributed by atoms with Gasteiger partial charge in [-0.3, -0.25) is 0 Å². The lowest BCUT2D eigenvalue weighted by atomic mass is 9.98. The van der Waals surface area contributed by atoms with E-state index in [2.05, 4.69) is 29.4 Å². The van der Waals surface area contributed by atoms with Gasteiger partial charge in [-0.25, -0.2) is 0 Å². The predicted octanol–water partition coefficient (Wildman–Crippen LogP) is 2.04. The number of rotatable bonds is 3. The van der Waals surface area contributed by atoms with Crippen molar-refractivity contribution < 1.29 is 4.42 Å². The molecule has 0 atom stereocenters. The SMILES string of the molecule is CC(C)Sc1nnc(C2CCNCC2)o1. The van der Waals surface area contributed by atoms with E-state index in [0.717, 1.165) is 31.8 Å². The van der Waals surface area contributed by atoms with Crippen LogP contribution in [0.4, 0.5) is 0 Å². The number of piperidine rings is 1. The molecule has 0 bridgehead atoms. The highest BCUT2D eigenvalue weighted by Crippen LogP contribution is 2.28. The molecule has 2 heterocycles. The van der Waals surface area contributed by atoms with Gasteiger partial charge >= 0.3 is 0 Å². The third-order valence-corrected chi connectivity index (χ3v) is 3.29. The molecule has 0 aromatic carbocycles. The molecular formula is C10H17N3OS. The van der Waals surface area contributed by atoms with E-state index in [0.29, 0.717) is 16.4 Å². The molecule has 0 radical (unpaired) electrons. The lowest BCUT2D eigenvalue weighted by Crippen LogP contribution is -2.26. The van der Waals surface area contributed by atoms with Crippen LogP contribution in [-0.2, 0) is 0 Å². The van der Waals surface area contributed by atoms with Crippen molar-refractivity contribution in [3.05, 3.63) is 5.89 Å². The molecule has 1 saturated heterocycles. The summed E-state index contributed by atoms with van der Waals surface area (Å²) < 4.78 is 5.65. The Balaban J connectivity index is 1.99. The Morgan fingerprint density at radius 1 is 1.33 bits per heavy atom. The molecule has 4 nitrogen and oxygen atoms in total. The second-order valence-corrected chi connectivity index (χ2v) is 5.62. The molecule has 1 aromatic heterocycles. The molecule has 84 valence electrons. The van der Waals surface area contributed by atoms with E-state index in [4.69, 9.17) is 4.42 Å². The summed E-state index contributed by atoms with van der Waals surface area (Å²) in [5.74, 6) is 1.28. The third kappa shape index (κ3) is 2.95. The van der Waals surface area contributed by atoms with Crippen molar-refractivity contribution in [1.82, 2.24) is 15.5 Å². The fraction of sp³-hybridized carbons (Fsp3) is 0.800. The lowest BCUT2D eigenvalue weighted by molar-refractivity contribution is 0.342. The highest BCUT2D eigenvalue weighted by molar-refractivity contribution is 7.99. The average Bonchev–Trinajstić information content (AvgIpc) is 2.67. The van der Waals surface area contributed by atoms with Gasteiger partial charge in [-0.2, -0.15) is 0 Å². The molecule has 0 unspecified atom stereocenters. The van der Waals surface area contributed by atoms with Gasteiger partial charge in [0.15, 0.2) is 0 Å². The van der Waals surface area contributed by atoms with E-state index in [-0.39, 0.29) is 0 Å². The van der Waals surface area contributed by atoms with Crippen molar-refractivity contribution >= 4 is 11.8 Å². The van der Waals surface area contributed by atoms with Crippen LogP contribution in [0.25, 0.3) is 0 Å². The van der Waals surface area contributed by atoms with E-state index < -0.39 is 0 Å². The van der Waals surface area contributed by atoms with Crippen LogP contribution in [0.1, 0.15) is 38.5 Å². The van der Waals surface area contributed by atoms with Gasteiger partial charge in [-0.1, -0.05) is 25.6 Å². The lowest BCUT2D eigenvalue weighted by Gasteiger charge is -2.18. The summed E-state index contributed by atoms with van der Waals surface area (Å²) in [6, 6.07) is 0. The van der Waals surface area contributed by atoms with Gasteiger partial charge in [0.05, 0.1) is 0 Å². The normalized spacial score (nSPS) is 18.6. The second kappa shape index (κ2) is 4.99. The smallest absolute Gasteiger partial charge is 0.276 e. The Bertz CT molecular complexity index is 307. The van der Waals surface area contributed by atoms with Crippen molar-refractivity contribution in [2.75, 3.05) is 13.1 Å². The molecule has 0 saturated carbocycles. The highest BCUT2D eigenvalue weighted by atomic mass is 32.2. The van der Waals surface area contributed by atoms with Crippen molar-refractivity contribution in [3.63, 3.8) is 0 Å². The number of aromatic nitrogens is 2. The maximum absolute atomic E-state index is 5.65. The summed E-state index contributed by atoms with van der Waals surface area (Å²) in [5.41, 5.74) is 0. The molecule has 0 aliphatic carbocycles. The zero-order chi connectivity index (χ0) is 10.7. The molecule has 1 aromatic rings. The maximum Gasteiger partial charge on any atom is 0.276 e. The Labute approximate surface area is 94.2 Å². The van der Waals surface area contributed by atoms with E-state index >= 15 is 0 Å². The zero-order valence-corrected chi connectivity index (χ0v) is 10.0. The van der Waals surface area contributed by atoms with E-state index in [1.807, 2.05) is 0 Å². The van der Waals surface area contributed by atoms with Gasteiger partial charge in [0.1, 0.15) is 0 Å².